The van der Waals surface area contributed by atoms with E-state index in [4.69, 9.17) is 0 Å². The Balaban J connectivity index is 1.68. The Kier molecular flexibility index (Phi) is 4.57. The first-order valence-electron chi connectivity index (χ1n) is 9.82. The van der Waals surface area contributed by atoms with E-state index in [2.05, 4.69) is 23.8 Å². The smallest absolute Gasteiger partial charge is 0.226 e. The van der Waals surface area contributed by atoms with Crippen molar-refractivity contribution in [2.45, 2.75) is 57.0 Å². The molecule has 4 rings (SSSR count). The third kappa shape index (κ3) is 3.21. The Hall–Kier alpha value is -1.42. The first-order chi connectivity index (χ1) is 12.1. The Bertz CT molecular complexity index is 649. The Morgan fingerprint density at radius 2 is 2.04 bits per heavy atom. The van der Waals surface area contributed by atoms with E-state index in [9.17, 15) is 9.18 Å². The predicted octanol–water partition coefficient (Wildman–Crippen LogP) is 3.65. The highest BCUT2D eigenvalue weighted by Gasteiger charge is 2.49. The largest absolute Gasteiger partial charge is 0.337 e. The summed E-state index contributed by atoms with van der Waals surface area (Å²) in [6, 6.07) is 7.59. The number of fused-ring (bicyclic) bond motifs is 1. The van der Waals surface area contributed by atoms with Gasteiger partial charge in [-0.3, -0.25) is 4.79 Å². The average Bonchev–Trinajstić information content (AvgIpc) is 3.21. The third-order valence-corrected chi connectivity index (χ3v) is 6.60. The molecule has 0 spiro atoms. The Labute approximate surface area is 150 Å². The van der Waals surface area contributed by atoms with Crippen molar-refractivity contribution in [1.82, 2.24) is 9.80 Å². The molecule has 0 aromatic heterocycles. The van der Waals surface area contributed by atoms with Crippen molar-refractivity contribution in [2.24, 2.45) is 11.8 Å². The van der Waals surface area contributed by atoms with Crippen LogP contribution in [0.25, 0.3) is 0 Å². The Morgan fingerprint density at radius 3 is 2.76 bits per heavy atom. The van der Waals surface area contributed by atoms with Gasteiger partial charge in [-0.1, -0.05) is 31.9 Å². The number of carbonyl (C=O) groups is 1. The van der Waals surface area contributed by atoms with Gasteiger partial charge in [-0.25, -0.2) is 4.39 Å². The molecule has 0 unspecified atom stereocenters. The fraction of sp³-hybridized carbons (Fsp3) is 0.667. The van der Waals surface area contributed by atoms with Crippen molar-refractivity contribution < 1.29 is 9.18 Å². The van der Waals surface area contributed by atoms with Gasteiger partial charge in [0, 0.05) is 31.0 Å². The molecule has 0 bridgehead atoms. The molecule has 5 atom stereocenters. The number of amides is 1. The summed E-state index contributed by atoms with van der Waals surface area (Å²) in [5, 5.41) is 0. The van der Waals surface area contributed by atoms with Crippen LogP contribution in [0.2, 0.25) is 0 Å². The maximum atomic E-state index is 13.8. The third-order valence-electron chi connectivity index (χ3n) is 6.60. The molecule has 136 valence electrons. The number of halogens is 1. The standard InChI is InChI=1S/C21H29FN2O/c1-14-11-17(14)21(25)24-10-5-3-4-9-19-20(24)18(13-23(19)2)15-7-6-8-16(22)12-15/h6-8,12,14,17-20H,3-5,9-11,13H2,1-2H3/t14-,17+,18-,19+,20-/m0/s1. The van der Waals surface area contributed by atoms with Gasteiger partial charge < -0.3 is 9.80 Å². The van der Waals surface area contributed by atoms with Crippen LogP contribution >= 0.6 is 0 Å². The molecule has 2 heterocycles. The molecule has 25 heavy (non-hydrogen) atoms. The lowest BCUT2D eigenvalue weighted by molar-refractivity contribution is -0.136. The summed E-state index contributed by atoms with van der Waals surface area (Å²) in [6.07, 6.45) is 5.69. The number of hydrogen-bond acceptors (Lipinski definition) is 2. The molecule has 1 saturated carbocycles. The van der Waals surface area contributed by atoms with Crippen molar-refractivity contribution >= 4 is 5.91 Å². The van der Waals surface area contributed by atoms with E-state index < -0.39 is 0 Å². The van der Waals surface area contributed by atoms with E-state index in [1.165, 1.54) is 18.9 Å². The van der Waals surface area contributed by atoms with E-state index in [1.54, 1.807) is 12.1 Å². The molecule has 4 heteroatoms. The molecular weight excluding hydrogens is 315 g/mol. The number of hydrogen-bond donors (Lipinski definition) is 0. The fourth-order valence-electron chi connectivity index (χ4n) is 5.04. The monoisotopic (exact) mass is 344 g/mol. The second-order valence-corrected chi connectivity index (χ2v) is 8.36. The van der Waals surface area contributed by atoms with Gasteiger partial charge in [0.2, 0.25) is 5.91 Å². The summed E-state index contributed by atoms with van der Waals surface area (Å²) in [7, 11) is 2.17. The number of rotatable bonds is 2. The average molecular weight is 344 g/mol. The molecule has 1 amide bonds. The summed E-state index contributed by atoms with van der Waals surface area (Å²) in [6.45, 7) is 3.95. The minimum atomic E-state index is -0.178. The van der Waals surface area contributed by atoms with Gasteiger partial charge in [-0.05, 0) is 49.9 Å². The van der Waals surface area contributed by atoms with Crippen molar-refractivity contribution in [3.05, 3.63) is 35.6 Å². The zero-order valence-electron chi connectivity index (χ0n) is 15.3. The number of carbonyl (C=O) groups excluding carboxylic acids is 1. The topological polar surface area (TPSA) is 23.6 Å². The van der Waals surface area contributed by atoms with E-state index in [0.717, 1.165) is 37.9 Å². The van der Waals surface area contributed by atoms with E-state index >= 15 is 0 Å². The van der Waals surface area contributed by atoms with Crippen LogP contribution in [0, 0.1) is 17.7 Å². The second-order valence-electron chi connectivity index (χ2n) is 8.36. The minimum absolute atomic E-state index is 0.178. The van der Waals surface area contributed by atoms with Crippen molar-refractivity contribution in [1.29, 1.82) is 0 Å². The van der Waals surface area contributed by atoms with Gasteiger partial charge >= 0.3 is 0 Å². The lowest BCUT2D eigenvalue weighted by atomic mass is 9.86. The molecule has 2 aliphatic heterocycles. The van der Waals surface area contributed by atoms with Gasteiger partial charge in [0.05, 0.1) is 6.04 Å². The van der Waals surface area contributed by atoms with Crippen LogP contribution < -0.4 is 0 Å². The predicted molar refractivity (Wildman–Crippen MR) is 96.8 cm³/mol. The molecule has 3 fully saturated rings. The SMILES string of the molecule is C[C@H]1C[C@H]1C(=O)N1CCCCC[C@@H]2[C@@H]1[C@H](c1cccc(F)c1)CN2C. The fourth-order valence-corrected chi connectivity index (χ4v) is 5.04. The molecule has 1 aromatic carbocycles. The molecule has 1 aromatic rings. The maximum Gasteiger partial charge on any atom is 0.226 e. The quantitative estimate of drug-likeness (QED) is 0.818. The van der Waals surface area contributed by atoms with Gasteiger partial charge in [-0.15, -0.1) is 0 Å². The number of benzene rings is 1. The van der Waals surface area contributed by atoms with Gasteiger partial charge in [0.25, 0.3) is 0 Å². The van der Waals surface area contributed by atoms with E-state index in [1.807, 2.05) is 6.07 Å². The summed E-state index contributed by atoms with van der Waals surface area (Å²) >= 11 is 0. The zero-order valence-corrected chi connectivity index (χ0v) is 15.3. The second kappa shape index (κ2) is 6.71. The lowest BCUT2D eigenvalue weighted by Crippen LogP contribution is -2.51. The van der Waals surface area contributed by atoms with Crippen LogP contribution in [0.5, 0.6) is 0 Å². The zero-order chi connectivity index (χ0) is 17.6. The normalized spacial score (nSPS) is 35.8. The van der Waals surface area contributed by atoms with Gasteiger partial charge in [0.1, 0.15) is 5.82 Å². The first-order valence-corrected chi connectivity index (χ1v) is 9.82. The Morgan fingerprint density at radius 1 is 1.24 bits per heavy atom. The van der Waals surface area contributed by atoms with Crippen LogP contribution in [-0.4, -0.2) is 47.9 Å². The highest BCUT2D eigenvalue weighted by Crippen LogP contribution is 2.44. The van der Waals surface area contributed by atoms with Crippen molar-refractivity contribution in [2.75, 3.05) is 20.1 Å². The molecule has 0 radical (unpaired) electrons. The first kappa shape index (κ1) is 17.0. The molecule has 0 N–H and O–H groups in total. The van der Waals surface area contributed by atoms with Gasteiger partial charge in [0.15, 0.2) is 0 Å². The van der Waals surface area contributed by atoms with Crippen LogP contribution in [-0.2, 0) is 4.79 Å². The minimum Gasteiger partial charge on any atom is -0.337 e. The summed E-state index contributed by atoms with van der Waals surface area (Å²) in [4.78, 5) is 17.8. The molecule has 2 saturated heterocycles. The van der Waals surface area contributed by atoms with Crippen molar-refractivity contribution in [3.63, 3.8) is 0 Å². The molecule has 1 aliphatic carbocycles. The molecule has 3 nitrogen and oxygen atoms in total. The number of likely N-dealkylation sites (N-methyl/N-ethyl adjacent to an activating group) is 1. The number of likely N-dealkylation sites (tertiary alicyclic amines) is 2. The number of nitrogens with zero attached hydrogens (tertiary/aromatic N) is 2. The van der Waals surface area contributed by atoms with Crippen LogP contribution in [0.1, 0.15) is 50.5 Å². The summed E-state index contributed by atoms with van der Waals surface area (Å²) in [5.41, 5.74) is 1.04. The van der Waals surface area contributed by atoms with Gasteiger partial charge in [-0.2, -0.15) is 0 Å². The molecular formula is C21H29FN2O. The summed E-state index contributed by atoms with van der Waals surface area (Å²) in [5.74, 6) is 1.13. The van der Waals surface area contributed by atoms with E-state index in [-0.39, 0.29) is 23.7 Å². The van der Waals surface area contributed by atoms with Crippen LogP contribution in [0.4, 0.5) is 4.39 Å². The van der Waals surface area contributed by atoms with Crippen molar-refractivity contribution in [3.8, 4) is 0 Å². The highest BCUT2D eigenvalue weighted by atomic mass is 19.1. The van der Waals surface area contributed by atoms with E-state index in [0.29, 0.717) is 17.9 Å². The maximum absolute atomic E-state index is 13.8. The van der Waals surface area contributed by atoms with Crippen LogP contribution in [0.3, 0.4) is 0 Å². The van der Waals surface area contributed by atoms with Crippen LogP contribution in [0.15, 0.2) is 24.3 Å². The molecule has 3 aliphatic rings. The lowest BCUT2D eigenvalue weighted by Gasteiger charge is -2.39. The highest BCUT2D eigenvalue weighted by molar-refractivity contribution is 5.82. The summed E-state index contributed by atoms with van der Waals surface area (Å²) < 4.78 is 13.8.